The fraction of sp³-hybridized carbons (Fsp3) is 0.320. The largest absolute Gasteiger partial charge is 0.573 e. The molecule has 0 radical (unpaired) electrons. The minimum Gasteiger partial charge on any atom is -0.480 e. The zero-order valence-electron chi connectivity index (χ0n) is 19.4. The van der Waals surface area contributed by atoms with Gasteiger partial charge in [0.05, 0.1) is 12.2 Å². The average Bonchev–Trinajstić information content (AvgIpc) is 3.58. The summed E-state index contributed by atoms with van der Waals surface area (Å²) in [5, 5.41) is 18.3. The molecule has 9 nitrogen and oxygen atoms in total. The summed E-state index contributed by atoms with van der Waals surface area (Å²) in [7, 11) is 0. The quantitative estimate of drug-likeness (QED) is 0.387. The Kier molecular flexibility index (Phi) is 7.55. The maximum Gasteiger partial charge on any atom is 0.573 e. The van der Waals surface area contributed by atoms with Gasteiger partial charge in [0.1, 0.15) is 18.1 Å². The highest BCUT2D eigenvalue weighted by molar-refractivity contribution is 5.97. The van der Waals surface area contributed by atoms with E-state index in [9.17, 15) is 32.7 Å². The summed E-state index contributed by atoms with van der Waals surface area (Å²) in [6.45, 7) is 0.372. The molecule has 3 aromatic rings. The minimum absolute atomic E-state index is 0.00902. The number of aliphatic carboxylic acids is 1. The van der Waals surface area contributed by atoms with E-state index in [1.807, 2.05) is 30.3 Å². The smallest absolute Gasteiger partial charge is 0.480 e. The molecule has 2 aromatic carbocycles. The van der Waals surface area contributed by atoms with Gasteiger partial charge < -0.3 is 19.5 Å². The van der Waals surface area contributed by atoms with Crippen molar-refractivity contribution >= 4 is 18.2 Å². The van der Waals surface area contributed by atoms with Gasteiger partial charge in [-0.25, -0.2) is 9.48 Å². The van der Waals surface area contributed by atoms with Crippen LogP contribution in [0.25, 0.3) is 0 Å². The van der Waals surface area contributed by atoms with Gasteiger partial charge in [0.25, 0.3) is 5.91 Å². The highest BCUT2D eigenvalue weighted by Crippen LogP contribution is 2.36. The number of hydrogen-bond donors (Lipinski definition) is 1. The number of alkyl halides is 3. The topological polar surface area (TPSA) is 115 Å². The Balaban J connectivity index is 1.62. The van der Waals surface area contributed by atoms with E-state index in [2.05, 4.69) is 15.0 Å². The van der Waals surface area contributed by atoms with Gasteiger partial charge in [-0.3, -0.25) is 4.79 Å². The van der Waals surface area contributed by atoms with Crippen molar-refractivity contribution < 1.29 is 37.4 Å². The van der Waals surface area contributed by atoms with Gasteiger partial charge in [-0.05, 0) is 42.7 Å². The highest BCUT2D eigenvalue weighted by Gasteiger charge is 2.45. The van der Waals surface area contributed by atoms with Crippen LogP contribution < -0.4 is 4.74 Å². The van der Waals surface area contributed by atoms with Crippen molar-refractivity contribution in [2.75, 3.05) is 0 Å². The lowest BCUT2D eigenvalue weighted by atomic mass is 9.91. The molecule has 0 saturated heterocycles. The second-order valence-corrected chi connectivity index (χ2v) is 8.63. The molecule has 2 atom stereocenters. The molecule has 1 aromatic heterocycles. The van der Waals surface area contributed by atoms with Crippen LogP contribution >= 0.6 is 0 Å². The molecule has 1 aliphatic rings. The van der Waals surface area contributed by atoms with Crippen LogP contribution in [-0.4, -0.2) is 61.6 Å². The Bertz CT molecular complexity index is 1240. The van der Waals surface area contributed by atoms with E-state index in [1.165, 1.54) is 9.58 Å². The zero-order chi connectivity index (χ0) is 26.6. The number of benzene rings is 2. The highest BCUT2D eigenvalue weighted by atomic mass is 19.4. The number of carboxylic acid groups (broad SMARTS) is 1. The Labute approximate surface area is 209 Å². The standard InChI is InChI=1S/C25H23F3N4O5/c26-25(27,28)37-19-10-6-17(7-11-19)23(34)32(18-8-9-18)22(24(35)36)20(12-13-33)21-15-31(30-29-21)14-16-4-2-1-3-5-16/h1-7,10-11,13,15,18,20,22H,8-9,12,14H2,(H,35,36). The van der Waals surface area contributed by atoms with Gasteiger partial charge in [-0.2, -0.15) is 0 Å². The fourth-order valence-electron chi connectivity index (χ4n) is 4.15. The Morgan fingerprint density at radius 3 is 2.38 bits per heavy atom. The van der Waals surface area contributed by atoms with E-state index < -0.39 is 42.0 Å². The number of halogens is 3. The lowest BCUT2D eigenvalue weighted by Crippen LogP contribution is -2.50. The second kappa shape index (κ2) is 10.8. The first kappa shape index (κ1) is 25.9. The molecular weight excluding hydrogens is 493 g/mol. The van der Waals surface area contributed by atoms with Crippen LogP contribution in [0.4, 0.5) is 13.2 Å². The van der Waals surface area contributed by atoms with Crippen molar-refractivity contribution in [3.63, 3.8) is 0 Å². The molecule has 37 heavy (non-hydrogen) atoms. The molecule has 0 bridgehead atoms. The maximum atomic E-state index is 13.4. The summed E-state index contributed by atoms with van der Waals surface area (Å²) < 4.78 is 42.8. The summed E-state index contributed by atoms with van der Waals surface area (Å²) in [6.07, 6.45) is -1.89. The minimum atomic E-state index is -4.89. The van der Waals surface area contributed by atoms with Gasteiger partial charge in [-0.15, -0.1) is 18.3 Å². The number of carbonyl (C=O) groups excluding carboxylic acids is 2. The number of nitrogens with zero attached hydrogens (tertiary/aromatic N) is 4. The van der Waals surface area contributed by atoms with Crippen LogP contribution in [0.5, 0.6) is 5.75 Å². The predicted molar refractivity (Wildman–Crippen MR) is 123 cm³/mol. The van der Waals surface area contributed by atoms with Crippen LogP contribution in [0.1, 0.15) is 46.8 Å². The molecule has 12 heteroatoms. The second-order valence-electron chi connectivity index (χ2n) is 8.63. The molecule has 0 aliphatic heterocycles. The Hall–Kier alpha value is -4.22. The molecule has 1 saturated carbocycles. The van der Waals surface area contributed by atoms with E-state index in [1.54, 1.807) is 6.20 Å². The first-order valence-corrected chi connectivity index (χ1v) is 11.4. The maximum absolute atomic E-state index is 13.4. The summed E-state index contributed by atoms with van der Waals surface area (Å²) in [5.74, 6) is -3.51. The van der Waals surface area contributed by atoms with Crippen LogP contribution in [-0.2, 0) is 16.1 Å². The van der Waals surface area contributed by atoms with Crippen molar-refractivity contribution in [3.8, 4) is 5.75 Å². The van der Waals surface area contributed by atoms with E-state index >= 15 is 0 Å². The molecular formula is C25H23F3N4O5. The van der Waals surface area contributed by atoms with Crippen molar-refractivity contribution in [2.45, 2.75) is 50.2 Å². The first-order valence-electron chi connectivity index (χ1n) is 11.4. The molecule has 2 unspecified atom stereocenters. The summed E-state index contributed by atoms with van der Waals surface area (Å²) in [6, 6.07) is 11.8. The van der Waals surface area contributed by atoms with E-state index in [4.69, 9.17) is 0 Å². The summed E-state index contributed by atoms with van der Waals surface area (Å²) in [5.41, 5.74) is 1.17. The number of ether oxygens (including phenoxy) is 1. The summed E-state index contributed by atoms with van der Waals surface area (Å²) >= 11 is 0. The Morgan fingerprint density at radius 2 is 1.81 bits per heavy atom. The monoisotopic (exact) mass is 516 g/mol. The molecule has 194 valence electrons. The van der Waals surface area contributed by atoms with Gasteiger partial charge in [-0.1, -0.05) is 35.5 Å². The number of amides is 1. The molecule has 1 aliphatic carbocycles. The van der Waals surface area contributed by atoms with Crippen molar-refractivity contribution in [1.29, 1.82) is 0 Å². The molecule has 1 amide bonds. The van der Waals surface area contributed by atoms with Gasteiger partial charge in [0, 0.05) is 30.1 Å². The Morgan fingerprint density at radius 1 is 1.14 bits per heavy atom. The number of aldehydes is 1. The van der Waals surface area contributed by atoms with E-state index in [0.717, 1.165) is 29.8 Å². The van der Waals surface area contributed by atoms with E-state index in [-0.39, 0.29) is 17.7 Å². The number of hydrogen-bond acceptors (Lipinski definition) is 6. The number of aromatic nitrogens is 3. The van der Waals surface area contributed by atoms with Crippen molar-refractivity contribution in [1.82, 2.24) is 19.9 Å². The average molecular weight is 516 g/mol. The summed E-state index contributed by atoms with van der Waals surface area (Å²) in [4.78, 5) is 38.7. The van der Waals surface area contributed by atoms with E-state index in [0.29, 0.717) is 25.7 Å². The van der Waals surface area contributed by atoms with Crippen LogP contribution in [0.3, 0.4) is 0 Å². The van der Waals surface area contributed by atoms with Crippen LogP contribution in [0.2, 0.25) is 0 Å². The third-order valence-corrected chi connectivity index (χ3v) is 5.92. The molecule has 1 N–H and O–H groups in total. The molecule has 4 rings (SSSR count). The predicted octanol–water partition coefficient (Wildman–Crippen LogP) is 3.66. The SMILES string of the molecule is O=CCC(c1cn(Cc2ccccc2)nn1)C(C(=O)O)N(C(=O)c1ccc(OC(F)(F)F)cc1)C1CC1. The van der Waals surface area contributed by atoms with Gasteiger partial charge in [0.2, 0.25) is 0 Å². The van der Waals surface area contributed by atoms with Crippen LogP contribution in [0, 0.1) is 0 Å². The lowest BCUT2D eigenvalue weighted by Gasteiger charge is -2.33. The fourth-order valence-corrected chi connectivity index (χ4v) is 4.15. The van der Waals surface area contributed by atoms with Gasteiger partial charge >= 0.3 is 12.3 Å². The van der Waals surface area contributed by atoms with Gasteiger partial charge in [0.15, 0.2) is 0 Å². The van der Waals surface area contributed by atoms with Crippen LogP contribution in [0.15, 0.2) is 60.8 Å². The third kappa shape index (κ3) is 6.51. The third-order valence-electron chi connectivity index (χ3n) is 5.92. The number of carboxylic acids is 1. The molecule has 0 spiro atoms. The molecule has 1 heterocycles. The number of rotatable bonds is 11. The normalized spacial score (nSPS) is 15.0. The molecule has 1 fully saturated rings. The zero-order valence-corrected chi connectivity index (χ0v) is 19.4. The lowest BCUT2D eigenvalue weighted by molar-refractivity contribution is -0.274. The van der Waals surface area contributed by atoms with Crippen molar-refractivity contribution in [2.24, 2.45) is 0 Å². The first-order chi connectivity index (χ1) is 17.7. The number of carbonyl (C=O) groups is 3. The van der Waals surface area contributed by atoms with Crippen molar-refractivity contribution in [3.05, 3.63) is 77.6 Å².